The smallest absolute Gasteiger partial charge is 0.338 e. The Morgan fingerprint density at radius 3 is 2.95 bits per heavy atom. The molecule has 0 bridgehead atoms. The highest BCUT2D eigenvalue weighted by atomic mass is 16.6. The summed E-state index contributed by atoms with van der Waals surface area (Å²) in [5, 5.41) is 20.5. The van der Waals surface area contributed by atoms with E-state index >= 15 is 0 Å². The Balaban J connectivity index is 2.56. The van der Waals surface area contributed by atoms with Gasteiger partial charge in [0, 0.05) is 12.6 Å². The number of carboxylic acid groups (broad SMARTS) is 1. The van der Waals surface area contributed by atoms with Gasteiger partial charge in [-0.1, -0.05) is 13.0 Å². The van der Waals surface area contributed by atoms with E-state index in [-0.39, 0.29) is 23.0 Å². The van der Waals surface area contributed by atoms with Crippen LogP contribution in [-0.2, 0) is 4.74 Å². The lowest BCUT2D eigenvalue weighted by molar-refractivity contribution is -0.384. The first kappa shape index (κ1) is 14.3. The van der Waals surface area contributed by atoms with Crippen LogP contribution in [0.5, 0.6) is 0 Å². The number of nitro benzene ring substituents is 1. The fourth-order valence-electron chi connectivity index (χ4n) is 2.44. The summed E-state index contributed by atoms with van der Waals surface area (Å²) < 4.78 is 5.37. The minimum absolute atomic E-state index is 0.0421. The summed E-state index contributed by atoms with van der Waals surface area (Å²) in [7, 11) is 0. The van der Waals surface area contributed by atoms with E-state index < -0.39 is 10.9 Å². The van der Waals surface area contributed by atoms with Crippen LogP contribution in [0.4, 0.5) is 11.4 Å². The normalized spacial score (nSPS) is 18.9. The molecule has 0 aromatic heterocycles. The molecule has 20 heavy (non-hydrogen) atoms. The Morgan fingerprint density at radius 2 is 2.35 bits per heavy atom. The number of hydrogen-bond acceptors (Lipinski definition) is 5. The molecule has 0 aliphatic carbocycles. The number of anilines is 1. The fraction of sp³-hybridized carbons (Fsp3) is 0.462. The Morgan fingerprint density at radius 1 is 1.60 bits per heavy atom. The molecule has 1 aliphatic heterocycles. The van der Waals surface area contributed by atoms with Gasteiger partial charge in [-0.15, -0.1) is 0 Å². The Kier molecular flexibility index (Phi) is 4.19. The molecule has 1 aliphatic rings. The molecule has 0 saturated carbocycles. The monoisotopic (exact) mass is 280 g/mol. The maximum atomic E-state index is 11.4. The summed E-state index contributed by atoms with van der Waals surface area (Å²) in [6.45, 7) is 3.27. The maximum Gasteiger partial charge on any atom is 0.338 e. The molecule has 0 radical (unpaired) electrons. The molecule has 1 fully saturated rings. The molecule has 1 N–H and O–H groups in total. The average molecular weight is 280 g/mol. The second-order valence-corrected chi connectivity index (χ2v) is 4.57. The molecule has 108 valence electrons. The van der Waals surface area contributed by atoms with Gasteiger partial charge in [-0.2, -0.15) is 0 Å². The number of nitro groups is 1. The molecule has 7 heteroatoms. The first-order valence-electron chi connectivity index (χ1n) is 6.41. The highest BCUT2D eigenvalue weighted by Gasteiger charge is 2.31. The molecule has 1 unspecified atom stereocenters. The molecule has 1 aromatic rings. The van der Waals surface area contributed by atoms with Crippen LogP contribution in [0.15, 0.2) is 18.2 Å². The second-order valence-electron chi connectivity index (χ2n) is 4.57. The summed E-state index contributed by atoms with van der Waals surface area (Å²) in [4.78, 5) is 23.8. The zero-order chi connectivity index (χ0) is 14.7. The van der Waals surface area contributed by atoms with Crippen molar-refractivity contribution in [1.29, 1.82) is 0 Å². The Hall–Kier alpha value is -2.15. The van der Waals surface area contributed by atoms with Gasteiger partial charge >= 0.3 is 5.97 Å². The van der Waals surface area contributed by atoms with Crippen LogP contribution in [0.2, 0.25) is 0 Å². The van der Waals surface area contributed by atoms with E-state index in [0.717, 1.165) is 6.42 Å². The molecular weight excluding hydrogens is 264 g/mol. The number of aromatic carboxylic acids is 1. The minimum Gasteiger partial charge on any atom is -0.478 e. The number of ether oxygens (including phenoxy) is 1. The van der Waals surface area contributed by atoms with Gasteiger partial charge in [0.15, 0.2) is 0 Å². The van der Waals surface area contributed by atoms with Crippen LogP contribution in [0, 0.1) is 10.1 Å². The standard InChI is InChI=1S/C13H16N2O5/c1-2-9-8-20-7-6-14(9)12-10(13(16)17)4-3-5-11(12)15(18)19/h3-5,9H,2,6-8H2,1H3,(H,16,17). The molecule has 1 atom stereocenters. The van der Waals surface area contributed by atoms with Gasteiger partial charge < -0.3 is 14.7 Å². The van der Waals surface area contributed by atoms with Gasteiger partial charge in [-0.25, -0.2) is 4.79 Å². The van der Waals surface area contributed by atoms with E-state index in [1.807, 2.05) is 6.92 Å². The number of carboxylic acids is 1. The number of hydrogen-bond donors (Lipinski definition) is 1. The Bertz CT molecular complexity index is 499. The zero-order valence-electron chi connectivity index (χ0n) is 11.1. The molecule has 2 rings (SSSR count). The van der Waals surface area contributed by atoms with Crippen molar-refractivity contribution in [3.05, 3.63) is 33.9 Å². The van der Waals surface area contributed by atoms with Crippen LogP contribution in [0.1, 0.15) is 23.7 Å². The predicted molar refractivity (Wildman–Crippen MR) is 72.3 cm³/mol. The molecule has 0 amide bonds. The van der Waals surface area contributed by atoms with Crippen molar-refractivity contribution in [2.75, 3.05) is 24.7 Å². The third-order valence-corrected chi connectivity index (χ3v) is 3.43. The van der Waals surface area contributed by atoms with Crippen molar-refractivity contribution in [1.82, 2.24) is 0 Å². The number of morpholine rings is 1. The van der Waals surface area contributed by atoms with Crippen molar-refractivity contribution < 1.29 is 19.6 Å². The summed E-state index contributed by atoms with van der Waals surface area (Å²) >= 11 is 0. The quantitative estimate of drug-likeness (QED) is 0.669. The number of carbonyl (C=O) groups is 1. The van der Waals surface area contributed by atoms with Gasteiger partial charge in [0.25, 0.3) is 5.69 Å². The third-order valence-electron chi connectivity index (χ3n) is 3.43. The summed E-state index contributed by atoms with van der Waals surface area (Å²) in [5.41, 5.74) is -0.0371. The number of nitrogens with zero attached hydrogens (tertiary/aromatic N) is 2. The average Bonchev–Trinajstić information content (AvgIpc) is 2.46. The zero-order valence-corrected chi connectivity index (χ0v) is 11.1. The fourth-order valence-corrected chi connectivity index (χ4v) is 2.44. The molecular formula is C13H16N2O5. The summed E-state index contributed by atoms with van der Waals surface area (Å²) in [6.07, 6.45) is 0.727. The lowest BCUT2D eigenvalue weighted by atomic mass is 10.1. The number of benzene rings is 1. The largest absolute Gasteiger partial charge is 0.478 e. The van der Waals surface area contributed by atoms with Crippen LogP contribution >= 0.6 is 0 Å². The van der Waals surface area contributed by atoms with Crippen molar-refractivity contribution in [2.45, 2.75) is 19.4 Å². The van der Waals surface area contributed by atoms with E-state index in [1.54, 1.807) is 4.90 Å². The maximum absolute atomic E-state index is 11.4. The van der Waals surface area contributed by atoms with E-state index in [4.69, 9.17) is 4.74 Å². The van der Waals surface area contributed by atoms with E-state index in [0.29, 0.717) is 19.8 Å². The van der Waals surface area contributed by atoms with Crippen LogP contribution in [0.3, 0.4) is 0 Å². The summed E-state index contributed by atoms with van der Waals surface area (Å²) in [5.74, 6) is -1.16. The third kappa shape index (κ3) is 2.57. The molecule has 1 aromatic carbocycles. The van der Waals surface area contributed by atoms with Gasteiger partial charge in [0.05, 0.1) is 29.7 Å². The van der Waals surface area contributed by atoms with Crippen molar-refractivity contribution in [3.8, 4) is 0 Å². The van der Waals surface area contributed by atoms with Gasteiger partial charge in [-0.3, -0.25) is 10.1 Å². The highest BCUT2D eigenvalue weighted by Crippen LogP contribution is 2.34. The lowest BCUT2D eigenvalue weighted by Crippen LogP contribution is -2.46. The van der Waals surface area contributed by atoms with Crippen LogP contribution in [0.25, 0.3) is 0 Å². The van der Waals surface area contributed by atoms with Crippen molar-refractivity contribution in [3.63, 3.8) is 0 Å². The van der Waals surface area contributed by atoms with E-state index in [9.17, 15) is 20.0 Å². The molecule has 7 nitrogen and oxygen atoms in total. The first-order chi connectivity index (χ1) is 9.56. The van der Waals surface area contributed by atoms with E-state index in [1.165, 1.54) is 18.2 Å². The number of rotatable bonds is 4. The van der Waals surface area contributed by atoms with Crippen LogP contribution in [-0.4, -0.2) is 41.8 Å². The lowest BCUT2D eigenvalue weighted by Gasteiger charge is -2.37. The molecule has 1 heterocycles. The van der Waals surface area contributed by atoms with E-state index in [2.05, 4.69) is 0 Å². The highest BCUT2D eigenvalue weighted by molar-refractivity contribution is 5.97. The SMILES string of the molecule is CCC1COCCN1c1c(C(=O)O)cccc1[N+](=O)[O-]. The minimum atomic E-state index is -1.16. The molecule has 0 spiro atoms. The summed E-state index contributed by atoms with van der Waals surface area (Å²) in [6, 6.07) is 4.08. The van der Waals surface area contributed by atoms with Gasteiger partial charge in [0.2, 0.25) is 0 Å². The first-order valence-corrected chi connectivity index (χ1v) is 6.41. The van der Waals surface area contributed by atoms with Crippen molar-refractivity contribution >= 4 is 17.3 Å². The van der Waals surface area contributed by atoms with Crippen LogP contribution < -0.4 is 4.90 Å². The molecule has 1 saturated heterocycles. The van der Waals surface area contributed by atoms with Crippen molar-refractivity contribution in [2.24, 2.45) is 0 Å². The topological polar surface area (TPSA) is 92.9 Å². The number of para-hydroxylation sites is 1. The Labute approximate surface area is 115 Å². The predicted octanol–water partition coefficient (Wildman–Crippen LogP) is 1.91. The van der Waals surface area contributed by atoms with Gasteiger partial charge in [0.1, 0.15) is 5.69 Å². The second kappa shape index (κ2) is 5.87. The van der Waals surface area contributed by atoms with Gasteiger partial charge in [-0.05, 0) is 12.5 Å².